The zero-order valence-corrected chi connectivity index (χ0v) is 29.4. The van der Waals surface area contributed by atoms with E-state index in [-0.39, 0.29) is 42.9 Å². The molecule has 0 aromatic heterocycles. The summed E-state index contributed by atoms with van der Waals surface area (Å²) in [7, 11) is 1.46. The molecule has 2 rings (SSSR count). The van der Waals surface area contributed by atoms with Crippen molar-refractivity contribution in [2.45, 2.75) is 110 Å². The van der Waals surface area contributed by atoms with E-state index in [1.807, 2.05) is 36.4 Å². The molecule has 9 heteroatoms. The summed E-state index contributed by atoms with van der Waals surface area (Å²) in [4.78, 5) is 35.3. The van der Waals surface area contributed by atoms with E-state index in [0.717, 1.165) is 66.9 Å². The van der Waals surface area contributed by atoms with E-state index in [2.05, 4.69) is 47.0 Å². The van der Waals surface area contributed by atoms with Crippen molar-refractivity contribution in [3.05, 3.63) is 69.8 Å². The molecule has 0 saturated carbocycles. The minimum Gasteiger partial charge on any atom is -0.504 e. The largest absolute Gasteiger partial charge is 0.504 e. The molecule has 250 valence electrons. The molecule has 2 N–H and O–H groups in total. The van der Waals surface area contributed by atoms with Crippen molar-refractivity contribution in [2.24, 2.45) is 0 Å². The second-order valence-corrected chi connectivity index (χ2v) is 12.0. The van der Waals surface area contributed by atoms with Gasteiger partial charge < -0.3 is 24.6 Å². The molecule has 0 radical (unpaired) electrons. The van der Waals surface area contributed by atoms with Crippen LogP contribution >= 0.6 is 22.6 Å². The molecule has 2 aromatic rings. The molecule has 0 fully saturated rings. The molecular weight excluding hydrogens is 685 g/mol. The van der Waals surface area contributed by atoms with Gasteiger partial charge in [0, 0.05) is 29.9 Å². The molecule has 1 unspecified atom stereocenters. The zero-order chi connectivity index (χ0) is 33.1. The summed E-state index contributed by atoms with van der Waals surface area (Å²) < 4.78 is 16.4. The van der Waals surface area contributed by atoms with Crippen LogP contribution in [0.1, 0.15) is 103 Å². The number of methoxy groups -OCH3 is 1. The van der Waals surface area contributed by atoms with E-state index in [4.69, 9.17) is 14.2 Å². The van der Waals surface area contributed by atoms with Crippen molar-refractivity contribution >= 4 is 40.4 Å². The molecule has 1 amide bonds. The number of ether oxygens (including phenoxy) is 3. The molecule has 0 aliphatic heterocycles. The minimum absolute atomic E-state index is 0.0197. The first kappa shape index (κ1) is 39.9. The number of rotatable bonds is 21. The molecular formula is C36H52INO7. The van der Waals surface area contributed by atoms with Gasteiger partial charge in [0.1, 0.15) is 6.10 Å². The third-order valence-electron chi connectivity index (χ3n) is 6.88. The smallest absolute Gasteiger partial charge is 0.306 e. The molecule has 1 atom stereocenters. The molecule has 45 heavy (non-hydrogen) atoms. The SMILES string of the molecule is CCCCCCC(C/C=C\CCCCCCCC(=O)OCC(=O)NCc1cc(OC)c(O)cc1I)OC(C)=O.c1ccccc1. The highest BCUT2D eigenvalue weighted by Crippen LogP contribution is 2.30. The molecule has 0 spiro atoms. The first-order valence-corrected chi connectivity index (χ1v) is 17.1. The van der Waals surface area contributed by atoms with Gasteiger partial charge in [-0.3, -0.25) is 14.4 Å². The number of allylic oxidation sites excluding steroid dienone is 1. The molecule has 2 aromatic carbocycles. The van der Waals surface area contributed by atoms with E-state index in [9.17, 15) is 19.5 Å². The maximum absolute atomic E-state index is 12.0. The van der Waals surface area contributed by atoms with Gasteiger partial charge in [0.15, 0.2) is 18.1 Å². The standard InChI is InChI=1S/C30H46INO7.C6H6/c1-4-5-6-13-16-25(39-23(2)33)17-14-11-9-7-8-10-12-15-18-30(36)38-22-29(35)32-21-24-19-28(37-3)27(34)20-26(24)31;1-2-4-6-5-3-1/h11,14,19-20,25,34H,4-10,12-13,15-18,21-22H2,1-3H3,(H,32,35);1-6H/b14-11-;. The quantitative estimate of drug-likeness (QED) is 0.0573. The number of unbranched alkanes of at least 4 members (excludes halogenated alkanes) is 8. The fourth-order valence-corrected chi connectivity index (χ4v) is 5.06. The normalized spacial score (nSPS) is 11.3. The second kappa shape index (κ2) is 26.2. The van der Waals surface area contributed by atoms with Crippen LogP contribution in [0.3, 0.4) is 0 Å². The lowest BCUT2D eigenvalue weighted by atomic mass is 10.1. The van der Waals surface area contributed by atoms with Gasteiger partial charge in [0.2, 0.25) is 0 Å². The highest BCUT2D eigenvalue weighted by atomic mass is 127. The van der Waals surface area contributed by atoms with Gasteiger partial charge in [0.05, 0.1) is 7.11 Å². The highest BCUT2D eigenvalue weighted by Gasteiger charge is 2.12. The Morgan fingerprint density at radius 2 is 1.56 bits per heavy atom. The predicted octanol–water partition coefficient (Wildman–Crippen LogP) is 8.43. The molecule has 8 nitrogen and oxygen atoms in total. The van der Waals surface area contributed by atoms with E-state index in [1.54, 1.807) is 12.1 Å². The Morgan fingerprint density at radius 3 is 2.20 bits per heavy atom. The predicted molar refractivity (Wildman–Crippen MR) is 187 cm³/mol. The molecule has 0 aliphatic carbocycles. The van der Waals surface area contributed by atoms with E-state index in [0.29, 0.717) is 12.2 Å². The fourth-order valence-electron chi connectivity index (χ4n) is 4.42. The van der Waals surface area contributed by atoms with Gasteiger partial charge >= 0.3 is 11.9 Å². The first-order chi connectivity index (χ1) is 21.8. The number of hydrogen-bond donors (Lipinski definition) is 2. The van der Waals surface area contributed by atoms with E-state index < -0.39 is 0 Å². The van der Waals surface area contributed by atoms with Crippen LogP contribution in [0.25, 0.3) is 0 Å². The van der Waals surface area contributed by atoms with Crippen LogP contribution in [0.4, 0.5) is 0 Å². The Bertz CT molecular complexity index is 1100. The van der Waals surface area contributed by atoms with E-state index in [1.165, 1.54) is 33.3 Å². The van der Waals surface area contributed by atoms with Crippen molar-refractivity contribution in [1.82, 2.24) is 5.32 Å². The van der Waals surface area contributed by atoms with Crippen LogP contribution in [0.2, 0.25) is 0 Å². The molecule has 0 saturated heterocycles. The first-order valence-electron chi connectivity index (χ1n) is 16.1. The number of aromatic hydroxyl groups is 1. The number of esters is 2. The van der Waals surface area contributed by atoms with E-state index >= 15 is 0 Å². The van der Waals surface area contributed by atoms with Gasteiger partial charge in [0.25, 0.3) is 5.91 Å². The number of carbonyl (C=O) groups excluding carboxylic acids is 3. The zero-order valence-electron chi connectivity index (χ0n) is 27.2. The van der Waals surface area contributed by atoms with Gasteiger partial charge in [-0.1, -0.05) is 94.0 Å². The van der Waals surface area contributed by atoms with Crippen LogP contribution in [0.5, 0.6) is 11.5 Å². The van der Waals surface area contributed by atoms with Crippen LogP contribution in [-0.4, -0.2) is 42.8 Å². The van der Waals surface area contributed by atoms with Crippen LogP contribution in [-0.2, 0) is 30.4 Å². The number of phenols is 1. The Balaban J connectivity index is 0.00000150. The summed E-state index contributed by atoms with van der Waals surface area (Å²) in [6.07, 6.45) is 16.9. The van der Waals surface area contributed by atoms with Crippen LogP contribution < -0.4 is 10.1 Å². The molecule has 0 bridgehead atoms. The maximum atomic E-state index is 12.0. The Kier molecular flexibility index (Phi) is 23.2. The molecule has 0 heterocycles. The van der Waals surface area contributed by atoms with Crippen LogP contribution in [0, 0.1) is 3.57 Å². The average molecular weight is 738 g/mol. The number of phenolic OH excluding ortho intramolecular Hbond substituents is 1. The second-order valence-electron chi connectivity index (χ2n) is 10.8. The third kappa shape index (κ3) is 21.3. The van der Waals surface area contributed by atoms with Gasteiger partial charge in [-0.15, -0.1) is 0 Å². The van der Waals surface area contributed by atoms with Crippen molar-refractivity contribution in [1.29, 1.82) is 0 Å². The fraction of sp³-hybridized carbons (Fsp3) is 0.528. The van der Waals surface area contributed by atoms with Gasteiger partial charge in [-0.25, -0.2) is 0 Å². The summed E-state index contributed by atoms with van der Waals surface area (Å²) in [5.41, 5.74) is 0.796. The molecule has 0 aliphatic rings. The van der Waals surface area contributed by atoms with Gasteiger partial charge in [-0.2, -0.15) is 0 Å². The summed E-state index contributed by atoms with van der Waals surface area (Å²) in [6, 6.07) is 15.2. The summed E-state index contributed by atoms with van der Waals surface area (Å²) in [6.45, 7) is 3.59. The lowest BCUT2D eigenvalue weighted by molar-refractivity contribution is -0.148. The number of benzene rings is 2. The van der Waals surface area contributed by atoms with Crippen molar-refractivity contribution in [3.8, 4) is 11.5 Å². The number of nitrogens with one attached hydrogen (secondary N) is 1. The lowest BCUT2D eigenvalue weighted by Crippen LogP contribution is -2.28. The lowest BCUT2D eigenvalue weighted by Gasteiger charge is -2.15. The van der Waals surface area contributed by atoms with Crippen molar-refractivity contribution in [3.63, 3.8) is 0 Å². The topological polar surface area (TPSA) is 111 Å². The third-order valence-corrected chi connectivity index (χ3v) is 7.89. The van der Waals surface area contributed by atoms with Gasteiger partial charge in [-0.05, 0) is 72.4 Å². The highest BCUT2D eigenvalue weighted by molar-refractivity contribution is 14.1. The average Bonchev–Trinajstić information content (AvgIpc) is 3.03. The number of amides is 1. The Labute approximate surface area is 283 Å². The Morgan fingerprint density at radius 1 is 0.911 bits per heavy atom. The van der Waals surface area contributed by atoms with Crippen molar-refractivity contribution < 1.29 is 33.7 Å². The summed E-state index contributed by atoms with van der Waals surface area (Å²) >= 11 is 2.07. The minimum atomic E-state index is -0.380. The summed E-state index contributed by atoms with van der Waals surface area (Å²) in [5.74, 6) is -0.587. The number of carbonyl (C=O) groups is 3. The van der Waals surface area contributed by atoms with Crippen molar-refractivity contribution in [2.75, 3.05) is 13.7 Å². The maximum Gasteiger partial charge on any atom is 0.306 e. The monoisotopic (exact) mass is 737 g/mol. The Hall–Kier alpha value is -3.08. The number of halogens is 1. The summed E-state index contributed by atoms with van der Waals surface area (Å²) in [5, 5.41) is 12.5. The number of hydrogen-bond acceptors (Lipinski definition) is 7. The van der Waals surface area contributed by atoms with Crippen LogP contribution in [0.15, 0.2) is 60.7 Å².